The maximum absolute atomic E-state index is 13.2. The number of nitrogens with one attached hydrogen (secondary N) is 1. The van der Waals surface area contributed by atoms with E-state index in [0.29, 0.717) is 18.7 Å². The number of carbonyl (C=O) groups is 1. The van der Waals surface area contributed by atoms with Crippen LogP contribution in [-0.4, -0.2) is 24.0 Å². The van der Waals surface area contributed by atoms with Crippen LogP contribution >= 0.6 is 0 Å². The molecule has 0 aliphatic rings. The normalized spacial score (nSPS) is 11.8. The first-order valence-electron chi connectivity index (χ1n) is 10.6. The van der Waals surface area contributed by atoms with Gasteiger partial charge < -0.3 is 10.1 Å². The predicted molar refractivity (Wildman–Crippen MR) is 126 cm³/mol. The van der Waals surface area contributed by atoms with E-state index in [2.05, 4.69) is 24.4 Å². The van der Waals surface area contributed by atoms with Crippen LogP contribution in [0.15, 0.2) is 84.9 Å². The van der Waals surface area contributed by atoms with Crippen molar-refractivity contribution in [2.75, 3.05) is 13.2 Å². The lowest BCUT2D eigenvalue weighted by atomic mass is 10.0. The second-order valence-corrected chi connectivity index (χ2v) is 7.55. The minimum absolute atomic E-state index is 0.0893. The van der Waals surface area contributed by atoms with Crippen LogP contribution in [0.4, 0.5) is 0 Å². The topological polar surface area (TPSA) is 51.2 Å². The van der Waals surface area contributed by atoms with Crippen LogP contribution in [0, 0.1) is 0 Å². The van der Waals surface area contributed by atoms with Crippen LogP contribution in [-0.2, 0) is 0 Å². The molecule has 0 spiro atoms. The van der Waals surface area contributed by atoms with E-state index in [4.69, 9.17) is 9.72 Å². The Hall–Kier alpha value is -3.66. The number of para-hydroxylation sites is 1. The van der Waals surface area contributed by atoms with Crippen molar-refractivity contribution in [2.45, 2.75) is 19.8 Å². The summed E-state index contributed by atoms with van der Waals surface area (Å²) in [4.78, 5) is 17.9. The van der Waals surface area contributed by atoms with Crippen LogP contribution in [0.5, 0.6) is 5.75 Å². The number of ether oxygens (including phenoxy) is 1. The third-order valence-corrected chi connectivity index (χ3v) is 5.36. The fraction of sp³-hybridized carbons (Fsp3) is 0.185. The van der Waals surface area contributed by atoms with Gasteiger partial charge in [0.1, 0.15) is 5.75 Å². The second-order valence-electron chi connectivity index (χ2n) is 7.55. The number of hydrogen-bond donors (Lipinski definition) is 1. The summed E-state index contributed by atoms with van der Waals surface area (Å²) in [5.74, 6) is 0.956. The summed E-state index contributed by atoms with van der Waals surface area (Å²) >= 11 is 0. The Morgan fingerprint density at radius 3 is 2.42 bits per heavy atom. The van der Waals surface area contributed by atoms with E-state index in [0.717, 1.165) is 27.9 Å². The molecule has 156 valence electrons. The molecule has 4 nitrogen and oxygen atoms in total. The molecular formula is C27H26N2O2. The number of amides is 1. The third-order valence-electron chi connectivity index (χ3n) is 5.36. The fourth-order valence-electron chi connectivity index (χ4n) is 3.64. The molecule has 0 fully saturated rings. The molecule has 0 aliphatic carbocycles. The monoisotopic (exact) mass is 410 g/mol. The van der Waals surface area contributed by atoms with Gasteiger partial charge in [0.25, 0.3) is 5.91 Å². The highest BCUT2D eigenvalue weighted by molar-refractivity contribution is 6.07. The Morgan fingerprint density at radius 1 is 0.968 bits per heavy atom. The van der Waals surface area contributed by atoms with Gasteiger partial charge in [-0.25, -0.2) is 4.98 Å². The van der Waals surface area contributed by atoms with Gasteiger partial charge in [0.05, 0.1) is 23.4 Å². The molecule has 0 aliphatic heterocycles. The standard InChI is InChI=1S/C27H26N2O2/c1-3-31-22-15-13-21(14-16-22)26-17-24(23-11-7-8-12-25(23)29-26)27(30)28-18-19(2)20-9-5-4-6-10-20/h4-17,19H,3,18H2,1-2H3,(H,28,30). The molecule has 1 aromatic heterocycles. The van der Waals surface area contributed by atoms with Gasteiger partial charge in [0.15, 0.2) is 0 Å². The number of fused-ring (bicyclic) bond motifs is 1. The van der Waals surface area contributed by atoms with Crippen molar-refractivity contribution >= 4 is 16.8 Å². The zero-order valence-electron chi connectivity index (χ0n) is 17.8. The predicted octanol–water partition coefficient (Wildman–Crippen LogP) is 5.83. The van der Waals surface area contributed by atoms with Crippen molar-refractivity contribution in [3.05, 3.63) is 96.1 Å². The van der Waals surface area contributed by atoms with E-state index >= 15 is 0 Å². The number of pyridine rings is 1. The van der Waals surface area contributed by atoms with Crippen LogP contribution in [0.3, 0.4) is 0 Å². The average Bonchev–Trinajstić information content (AvgIpc) is 2.83. The van der Waals surface area contributed by atoms with Crippen LogP contribution in [0.1, 0.15) is 35.7 Å². The van der Waals surface area contributed by atoms with Gasteiger partial charge in [0.2, 0.25) is 0 Å². The highest BCUT2D eigenvalue weighted by Crippen LogP contribution is 2.26. The van der Waals surface area contributed by atoms with E-state index in [9.17, 15) is 4.79 Å². The summed E-state index contributed by atoms with van der Waals surface area (Å²) in [5.41, 5.74) is 4.35. The highest BCUT2D eigenvalue weighted by atomic mass is 16.5. The molecule has 1 unspecified atom stereocenters. The third kappa shape index (κ3) is 4.75. The lowest BCUT2D eigenvalue weighted by molar-refractivity contribution is 0.0953. The quantitative estimate of drug-likeness (QED) is 0.417. The molecule has 3 aromatic carbocycles. The molecule has 4 aromatic rings. The van der Waals surface area contributed by atoms with E-state index in [1.165, 1.54) is 5.56 Å². The molecule has 0 saturated carbocycles. The van der Waals surface area contributed by atoms with E-state index in [-0.39, 0.29) is 11.8 Å². The van der Waals surface area contributed by atoms with Gasteiger partial charge in [-0.1, -0.05) is 55.5 Å². The number of rotatable bonds is 7. The largest absolute Gasteiger partial charge is 0.494 e. The number of hydrogen-bond acceptors (Lipinski definition) is 3. The summed E-state index contributed by atoms with van der Waals surface area (Å²) in [5, 5.41) is 3.96. The molecule has 4 rings (SSSR count). The zero-order chi connectivity index (χ0) is 21.6. The molecule has 0 radical (unpaired) electrons. The Bertz CT molecular complexity index is 1170. The van der Waals surface area contributed by atoms with Crippen LogP contribution < -0.4 is 10.1 Å². The highest BCUT2D eigenvalue weighted by Gasteiger charge is 2.15. The minimum Gasteiger partial charge on any atom is -0.494 e. The van der Waals surface area contributed by atoms with Gasteiger partial charge in [-0.15, -0.1) is 0 Å². The Morgan fingerprint density at radius 2 is 1.68 bits per heavy atom. The maximum Gasteiger partial charge on any atom is 0.252 e. The number of carbonyl (C=O) groups excluding carboxylic acids is 1. The summed E-state index contributed by atoms with van der Waals surface area (Å²) < 4.78 is 5.54. The van der Waals surface area contributed by atoms with Crippen LogP contribution in [0.2, 0.25) is 0 Å². The van der Waals surface area contributed by atoms with Crippen molar-refractivity contribution < 1.29 is 9.53 Å². The van der Waals surface area contributed by atoms with Gasteiger partial charge in [-0.2, -0.15) is 0 Å². The molecule has 0 bridgehead atoms. The van der Waals surface area contributed by atoms with Crippen molar-refractivity contribution in [2.24, 2.45) is 0 Å². The SMILES string of the molecule is CCOc1ccc(-c2cc(C(=O)NCC(C)c3ccccc3)c3ccccc3n2)cc1. The first-order valence-corrected chi connectivity index (χ1v) is 10.6. The van der Waals surface area contributed by atoms with Crippen LogP contribution in [0.25, 0.3) is 22.2 Å². The molecule has 0 saturated heterocycles. The van der Waals surface area contributed by atoms with Gasteiger partial charge in [-0.3, -0.25) is 4.79 Å². The molecule has 1 N–H and O–H groups in total. The fourth-order valence-corrected chi connectivity index (χ4v) is 3.64. The van der Waals surface area contributed by atoms with Gasteiger partial charge in [0, 0.05) is 17.5 Å². The number of benzene rings is 3. The maximum atomic E-state index is 13.2. The molecule has 1 heterocycles. The smallest absolute Gasteiger partial charge is 0.252 e. The lowest BCUT2D eigenvalue weighted by Crippen LogP contribution is -2.27. The minimum atomic E-state index is -0.0893. The van der Waals surface area contributed by atoms with Gasteiger partial charge in [-0.05, 0) is 54.8 Å². The number of nitrogens with zero attached hydrogens (tertiary/aromatic N) is 1. The molecule has 1 atom stereocenters. The summed E-state index contributed by atoms with van der Waals surface area (Å²) in [6.07, 6.45) is 0. The Labute approximate surface area is 182 Å². The first kappa shape index (κ1) is 20.6. The summed E-state index contributed by atoms with van der Waals surface area (Å²) in [6.45, 7) is 5.27. The molecule has 4 heteroatoms. The zero-order valence-corrected chi connectivity index (χ0v) is 17.8. The number of aromatic nitrogens is 1. The average molecular weight is 411 g/mol. The van der Waals surface area contributed by atoms with Crippen molar-refractivity contribution in [3.63, 3.8) is 0 Å². The first-order chi connectivity index (χ1) is 15.2. The molecule has 1 amide bonds. The second kappa shape index (κ2) is 9.43. The van der Waals surface area contributed by atoms with Crippen molar-refractivity contribution in [1.29, 1.82) is 0 Å². The lowest BCUT2D eigenvalue weighted by Gasteiger charge is -2.15. The van der Waals surface area contributed by atoms with E-state index in [1.54, 1.807) is 0 Å². The van der Waals surface area contributed by atoms with Crippen molar-refractivity contribution in [1.82, 2.24) is 10.3 Å². The van der Waals surface area contributed by atoms with E-state index < -0.39 is 0 Å². The summed E-state index contributed by atoms with van der Waals surface area (Å²) in [7, 11) is 0. The Balaban J connectivity index is 1.62. The van der Waals surface area contributed by atoms with E-state index in [1.807, 2.05) is 79.7 Å². The summed E-state index contributed by atoms with van der Waals surface area (Å²) in [6, 6.07) is 27.7. The van der Waals surface area contributed by atoms with Crippen molar-refractivity contribution in [3.8, 4) is 17.0 Å². The molecular weight excluding hydrogens is 384 g/mol. The van der Waals surface area contributed by atoms with Gasteiger partial charge >= 0.3 is 0 Å². The molecule has 31 heavy (non-hydrogen) atoms. The Kier molecular flexibility index (Phi) is 6.27.